The molecule has 0 aliphatic rings. The lowest BCUT2D eigenvalue weighted by molar-refractivity contribution is 0.620. The van der Waals surface area contributed by atoms with E-state index in [-0.39, 0.29) is 5.82 Å². The summed E-state index contributed by atoms with van der Waals surface area (Å²) in [6.45, 7) is 2.01. The fourth-order valence-corrected chi connectivity index (χ4v) is 2.75. The molecule has 19 heavy (non-hydrogen) atoms. The molecule has 0 aliphatic heterocycles. The van der Waals surface area contributed by atoms with Crippen LogP contribution >= 0.6 is 28.1 Å². The van der Waals surface area contributed by atoms with Gasteiger partial charge in [-0.15, -0.1) is 0 Å². The number of H-pyrrole nitrogens is 1. The van der Waals surface area contributed by atoms with Crippen LogP contribution in [0, 0.1) is 17.5 Å². The van der Waals surface area contributed by atoms with Crippen LogP contribution in [0.1, 0.15) is 5.56 Å². The third-order valence-electron chi connectivity index (χ3n) is 3.07. The van der Waals surface area contributed by atoms with Crippen LogP contribution < -0.4 is 0 Å². The Balaban J connectivity index is 2.39. The first kappa shape index (κ1) is 12.6. The summed E-state index contributed by atoms with van der Waals surface area (Å²) in [5.41, 5.74) is 3.74. The van der Waals surface area contributed by atoms with Crippen LogP contribution in [-0.4, -0.2) is 9.55 Å². The van der Waals surface area contributed by atoms with Gasteiger partial charge in [0.2, 0.25) is 0 Å². The van der Waals surface area contributed by atoms with Gasteiger partial charge in [0.1, 0.15) is 5.82 Å². The Labute approximate surface area is 123 Å². The first-order valence-electron chi connectivity index (χ1n) is 5.73. The second-order valence-corrected chi connectivity index (χ2v) is 5.58. The Hall–Kier alpha value is -1.46. The van der Waals surface area contributed by atoms with E-state index in [9.17, 15) is 4.39 Å². The topological polar surface area (TPSA) is 20.7 Å². The lowest BCUT2D eigenvalue weighted by atomic mass is 10.2. The molecule has 0 saturated carbocycles. The Kier molecular flexibility index (Phi) is 3.03. The second kappa shape index (κ2) is 4.58. The average molecular weight is 337 g/mol. The zero-order chi connectivity index (χ0) is 13.6. The van der Waals surface area contributed by atoms with Crippen LogP contribution in [0.5, 0.6) is 0 Å². The summed E-state index contributed by atoms with van der Waals surface area (Å²) in [5.74, 6) is -0.303. The molecule has 5 heteroatoms. The fourth-order valence-electron chi connectivity index (χ4n) is 2.20. The van der Waals surface area contributed by atoms with Crippen molar-refractivity contribution in [1.29, 1.82) is 0 Å². The average Bonchev–Trinajstić information content (AvgIpc) is 2.70. The molecule has 0 amide bonds. The SMILES string of the molecule is Cc1cccc2[nH]c(=S)n(-c3ccc(Br)c(F)c3)c12. The van der Waals surface area contributed by atoms with Gasteiger partial charge in [0.05, 0.1) is 21.2 Å². The highest BCUT2D eigenvalue weighted by Gasteiger charge is 2.10. The number of halogens is 2. The Morgan fingerprint density at radius 1 is 1.26 bits per heavy atom. The van der Waals surface area contributed by atoms with Gasteiger partial charge in [-0.1, -0.05) is 12.1 Å². The van der Waals surface area contributed by atoms with Crippen molar-refractivity contribution in [3.8, 4) is 5.69 Å². The Morgan fingerprint density at radius 3 is 2.79 bits per heavy atom. The number of imidazole rings is 1. The Morgan fingerprint density at radius 2 is 2.05 bits per heavy atom. The third-order valence-corrected chi connectivity index (χ3v) is 4.00. The molecule has 1 heterocycles. The van der Waals surface area contributed by atoms with E-state index in [0.717, 1.165) is 16.6 Å². The minimum absolute atomic E-state index is 0.303. The highest BCUT2D eigenvalue weighted by molar-refractivity contribution is 9.10. The van der Waals surface area contributed by atoms with Crippen molar-refractivity contribution >= 4 is 39.2 Å². The van der Waals surface area contributed by atoms with Gasteiger partial charge in [-0.2, -0.15) is 0 Å². The minimum Gasteiger partial charge on any atom is -0.330 e. The first-order chi connectivity index (χ1) is 9.08. The standard InChI is InChI=1S/C14H10BrFN2S/c1-8-3-2-4-12-13(8)18(14(19)17-12)9-5-6-10(15)11(16)7-9/h2-7H,1H3,(H,17,19). The molecular weight excluding hydrogens is 327 g/mol. The number of nitrogens with one attached hydrogen (secondary N) is 1. The van der Waals surface area contributed by atoms with Crippen molar-refractivity contribution in [1.82, 2.24) is 9.55 Å². The molecule has 0 fully saturated rings. The van der Waals surface area contributed by atoms with E-state index in [0.29, 0.717) is 14.9 Å². The lowest BCUT2D eigenvalue weighted by Gasteiger charge is -2.07. The van der Waals surface area contributed by atoms with Crippen LogP contribution in [0.3, 0.4) is 0 Å². The first-order valence-corrected chi connectivity index (χ1v) is 6.94. The van der Waals surface area contributed by atoms with E-state index >= 15 is 0 Å². The monoisotopic (exact) mass is 336 g/mol. The molecule has 0 unspecified atom stereocenters. The van der Waals surface area contributed by atoms with E-state index in [4.69, 9.17) is 12.2 Å². The summed E-state index contributed by atoms with van der Waals surface area (Å²) in [4.78, 5) is 3.14. The number of hydrogen-bond donors (Lipinski definition) is 1. The van der Waals surface area contributed by atoms with Crippen molar-refractivity contribution in [3.05, 3.63) is 57.0 Å². The molecule has 0 aliphatic carbocycles. The molecule has 0 atom stereocenters. The predicted octanol–water partition coefficient (Wildman–Crippen LogP) is 4.90. The largest absolute Gasteiger partial charge is 0.330 e. The van der Waals surface area contributed by atoms with Crippen LogP contribution in [0.2, 0.25) is 0 Å². The van der Waals surface area contributed by atoms with Crippen molar-refractivity contribution in [2.24, 2.45) is 0 Å². The summed E-state index contributed by atoms with van der Waals surface area (Å²) < 4.78 is 16.6. The maximum absolute atomic E-state index is 13.7. The maximum atomic E-state index is 13.7. The number of para-hydroxylation sites is 1. The van der Waals surface area contributed by atoms with Gasteiger partial charge >= 0.3 is 0 Å². The molecular formula is C14H10BrFN2S. The molecule has 3 rings (SSSR count). The molecule has 2 aromatic carbocycles. The smallest absolute Gasteiger partial charge is 0.182 e. The zero-order valence-corrected chi connectivity index (χ0v) is 12.5. The van der Waals surface area contributed by atoms with Crippen molar-refractivity contribution in [2.75, 3.05) is 0 Å². The lowest BCUT2D eigenvalue weighted by Crippen LogP contribution is -1.96. The molecule has 1 aromatic heterocycles. The van der Waals surface area contributed by atoms with Crippen LogP contribution in [0.15, 0.2) is 40.9 Å². The van der Waals surface area contributed by atoms with E-state index < -0.39 is 0 Å². The summed E-state index contributed by atoms with van der Waals surface area (Å²) in [5, 5.41) is 0. The van der Waals surface area contributed by atoms with Gasteiger partial charge in [0.25, 0.3) is 0 Å². The highest BCUT2D eigenvalue weighted by Crippen LogP contribution is 2.25. The molecule has 1 N–H and O–H groups in total. The quantitative estimate of drug-likeness (QED) is 0.627. The molecule has 96 valence electrons. The van der Waals surface area contributed by atoms with E-state index in [1.165, 1.54) is 6.07 Å². The number of aromatic amines is 1. The van der Waals surface area contributed by atoms with Crippen molar-refractivity contribution < 1.29 is 4.39 Å². The molecule has 2 nitrogen and oxygen atoms in total. The van der Waals surface area contributed by atoms with E-state index in [1.54, 1.807) is 6.07 Å². The second-order valence-electron chi connectivity index (χ2n) is 4.34. The number of hydrogen-bond acceptors (Lipinski definition) is 1. The fraction of sp³-hybridized carbons (Fsp3) is 0.0714. The van der Waals surface area contributed by atoms with Gasteiger partial charge in [0, 0.05) is 0 Å². The number of nitrogens with zero attached hydrogens (tertiary/aromatic N) is 1. The third kappa shape index (κ3) is 2.03. The minimum atomic E-state index is -0.303. The van der Waals surface area contributed by atoms with Gasteiger partial charge in [-0.3, -0.25) is 4.57 Å². The molecule has 3 aromatic rings. The van der Waals surface area contributed by atoms with Gasteiger partial charge in [-0.25, -0.2) is 4.39 Å². The number of benzene rings is 2. The molecule has 0 bridgehead atoms. The van der Waals surface area contributed by atoms with Crippen LogP contribution in [0.4, 0.5) is 4.39 Å². The number of rotatable bonds is 1. The summed E-state index contributed by atoms with van der Waals surface area (Å²) in [6.07, 6.45) is 0. The molecule has 0 radical (unpaired) electrons. The van der Waals surface area contributed by atoms with Gasteiger partial charge in [-0.05, 0) is 64.9 Å². The summed E-state index contributed by atoms with van der Waals surface area (Å²) in [7, 11) is 0. The summed E-state index contributed by atoms with van der Waals surface area (Å²) >= 11 is 8.50. The van der Waals surface area contributed by atoms with E-state index in [1.807, 2.05) is 35.8 Å². The van der Waals surface area contributed by atoms with Gasteiger partial charge in [0.15, 0.2) is 4.77 Å². The van der Waals surface area contributed by atoms with Gasteiger partial charge < -0.3 is 4.98 Å². The maximum Gasteiger partial charge on any atom is 0.182 e. The van der Waals surface area contributed by atoms with Crippen LogP contribution in [-0.2, 0) is 0 Å². The van der Waals surface area contributed by atoms with Crippen molar-refractivity contribution in [2.45, 2.75) is 6.92 Å². The zero-order valence-electron chi connectivity index (χ0n) is 10.1. The molecule has 0 spiro atoms. The normalized spacial score (nSPS) is 11.1. The number of fused-ring (bicyclic) bond motifs is 1. The number of aryl methyl sites for hydroxylation is 1. The van der Waals surface area contributed by atoms with E-state index in [2.05, 4.69) is 20.9 Å². The highest BCUT2D eigenvalue weighted by atomic mass is 79.9. The number of aromatic nitrogens is 2. The predicted molar refractivity (Wildman–Crippen MR) is 80.9 cm³/mol. The summed E-state index contributed by atoms with van der Waals surface area (Å²) in [6, 6.07) is 10.9. The van der Waals surface area contributed by atoms with Crippen molar-refractivity contribution in [3.63, 3.8) is 0 Å². The Bertz CT molecular complexity index is 835. The molecule has 0 saturated heterocycles. The van der Waals surface area contributed by atoms with Crippen LogP contribution in [0.25, 0.3) is 16.7 Å².